The summed E-state index contributed by atoms with van der Waals surface area (Å²) in [5.41, 5.74) is 8.85. The Morgan fingerprint density at radius 1 is 1.18 bits per heavy atom. The van der Waals surface area contributed by atoms with E-state index in [1.165, 1.54) is 5.56 Å². The second kappa shape index (κ2) is 5.61. The number of rotatable bonds is 4. The van der Waals surface area contributed by atoms with Gasteiger partial charge in [0.1, 0.15) is 5.52 Å². The van der Waals surface area contributed by atoms with Gasteiger partial charge in [-0.25, -0.2) is 4.98 Å². The van der Waals surface area contributed by atoms with E-state index < -0.39 is 5.91 Å². The summed E-state index contributed by atoms with van der Waals surface area (Å²) in [5, 5.41) is 0. The normalized spacial score (nSPS) is 11.2. The van der Waals surface area contributed by atoms with Gasteiger partial charge < -0.3 is 15.1 Å². The van der Waals surface area contributed by atoms with E-state index in [9.17, 15) is 4.79 Å². The molecular weight excluding hydrogens is 278 g/mol. The lowest BCUT2D eigenvalue weighted by Gasteiger charge is -2.09. The molecule has 2 N–H and O–H groups in total. The highest BCUT2D eigenvalue weighted by Gasteiger charge is 2.14. The molecular formula is C17H17N3O2. The quantitative estimate of drug-likeness (QED) is 0.803. The molecule has 0 unspecified atom stereocenters. The summed E-state index contributed by atoms with van der Waals surface area (Å²) in [5.74, 6) is -0.0327. The van der Waals surface area contributed by atoms with Crippen molar-refractivity contribution in [3.8, 4) is 11.5 Å². The highest BCUT2D eigenvalue weighted by atomic mass is 16.3. The molecule has 0 saturated carbocycles. The van der Waals surface area contributed by atoms with Crippen molar-refractivity contribution in [1.29, 1.82) is 0 Å². The van der Waals surface area contributed by atoms with E-state index in [0.717, 1.165) is 12.1 Å². The molecule has 3 aromatic rings. The van der Waals surface area contributed by atoms with Crippen LogP contribution >= 0.6 is 0 Å². The number of nitrogens with two attached hydrogens (primary N) is 1. The van der Waals surface area contributed by atoms with Gasteiger partial charge in [0.15, 0.2) is 5.58 Å². The molecule has 112 valence electrons. The molecule has 3 rings (SSSR count). The first-order chi connectivity index (χ1) is 10.5. The van der Waals surface area contributed by atoms with Gasteiger partial charge >= 0.3 is 0 Å². The van der Waals surface area contributed by atoms with Crippen LogP contribution in [0.5, 0.6) is 0 Å². The zero-order valence-corrected chi connectivity index (χ0v) is 12.5. The molecule has 1 amide bonds. The molecule has 0 saturated heterocycles. The number of oxazole rings is 1. The SMILES string of the molecule is CN(C)Cc1ccc(-c2nc3cccc(C(N)=O)c3o2)cc1. The monoisotopic (exact) mass is 295 g/mol. The fraction of sp³-hybridized carbons (Fsp3) is 0.176. The minimum atomic E-state index is -0.519. The van der Waals surface area contributed by atoms with Crippen molar-refractivity contribution in [3.05, 3.63) is 53.6 Å². The number of amides is 1. The summed E-state index contributed by atoms with van der Waals surface area (Å²) in [6.45, 7) is 0.875. The van der Waals surface area contributed by atoms with Gasteiger partial charge in [-0.05, 0) is 43.9 Å². The van der Waals surface area contributed by atoms with Crippen molar-refractivity contribution in [2.45, 2.75) is 6.54 Å². The molecule has 1 heterocycles. The Kier molecular flexibility index (Phi) is 3.65. The van der Waals surface area contributed by atoms with Crippen molar-refractivity contribution in [2.75, 3.05) is 14.1 Å². The van der Waals surface area contributed by atoms with E-state index in [4.69, 9.17) is 10.2 Å². The van der Waals surface area contributed by atoms with Crippen LogP contribution in [-0.2, 0) is 6.54 Å². The number of carbonyl (C=O) groups is 1. The number of fused-ring (bicyclic) bond motifs is 1. The molecule has 5 nitrogen and oxygen atoms in total. The van der Waals surface area contributed by atoms with Crippen LogP contribution in [0, 0.1) is 0 Å². The number of para-hydroxylation sites is 1. The van der Waals surface area contributed by atoms with Crippen LogP contribution < -0.4 is 5.73 Å². The third kappa shape index (κ3) is 2.71. The topological polar surface area (TPSA) is 72.4 Å². The summed E-state index contributed by atoms with van der Waals surface area (Å²) >= 11 is 0. The van der Waals surface area contributed by atoms with E-state index in [-0.39, 0.29) is 0 Å². The predicted octanol–water partition coefficient (Wildman–Crippen LogP) is 2.66. The lowest BCUT2D eigenvalue weighted by atomic mass is 10.1. The number of carbonyl (C=O) groups excluding carboxylic acids is 1. The van der Waals surface area contributed by atoms with E-state index in [1.54, 1.807) is 18.2 Å². The lowest BCUT2D eigenvalue weighted by Crippen LogP contribution is -2.10. The fourth-order valence-corrected chi connectivity index (χ4v) is 2.38. The number of benzene rings is 2. The highest BCUT2D eigenvalue weighted by molar-refractivity contribution is 6.03. The van der Waals surface area contributed by atoms with E-state index in [2.05, 4.69) is 9.88 Å². The Labute approximate surface area is 128 Å². The molecule has 1 aromatic heterocycles. The minimum Gasteiger partial charge on any atom is -0.435 e. The second-order valence-electron chi connectivity index (χ2n) is 5.47. The summed E-state index contributed by atoms with van der Waals surface area (Å²) in [6.07, 6.45) is 0. The first kappa shape index (κ1) is 14.3. The summed E-state index contributed by atoms with van der Waals surface area (Å²) in [7, 11) is 4.06. The summed E-state index contributed by atoms with van der Waals surface area (Å²) < 4.78 is 5.75. The number of hydrogen-bond donors (Lipinski definition) is 1. The average molecular weight is 295 g/mol. The standard InChI is InChI=1S/C17H17N3O2/c1-20(2)10-11-6-8-12(9-7-11)17-19-14-5-3-4-13(16(18)21)15(14)22-17/h3-9H,10H2,1-2H3,(H2,18,21). The molecule has 0 aliphatic carbocycles. The maximum absolute atomic E-state index is 11.4. The second-order valence-corrected chi connectivity index (χ2v) is 5.47. The van der Waals surface area contributed by atoms with Crippen LogP contribution in [0.25, 0.3) is 22.6 Å². The van der Waals surface area contributed by atoms with Crippen LogP contribution in [0.4, 0.5) is 0 Å². The van der Waals surface area contributed by atoms with E-state index >= 15 is 0 Å². The van der Waals surface area contributed by atoms with Crippen molar-refractivity contribution < 1.29 is 9.21 Å². The Morgan fingerprint density at radius 2 is 1.91 bits per heavy atom. The Bertz CT molecular complexity index is 820. The summed E-state index contributed by atoms with van der Waals surface area (Å²) in [4.78, 5) is 18.0. The third-order valence-electron chi connectivity index (χ3n) is 3.38. The molecule has 5 heteroatoms. The molecule has 2 aromatic carbocycles. The van der Waals surface area contributed by atoms with Gasteiger partial charge in [0.2, 0.25) is 5.89 Å². The van der Waals surface area contributed by atoms with Gasteiger partial charge in [0.25, 0.3) is 5.91 Å². The number of primary amides is 1. The first-order valence-electron chi connectivity index (χ1n) is 6.98. The zero-order valence-electron chi connectivity index (χ0n) is 12.5. The van der Waals surface area contributed by atoms with Crippen LogP contribution in [0.2, 0.25) is 0 Å². The Hall–Kier alpha value is -2.66. The van der Waals surface area contributed by atoms with E-state index in [1.807, 2.05) is 38.4 Å². The van der Waals surface area contributed by atoms with Crippen LogP contribution in [0.3, 0.4) is 0 Å². The number of nitrogens with zero attached hydrogens (tertiary/aromatic N) is 2. The van der Waals surface area contributed by atoms with Gasteiger partial charge in [-0.15, -0.1) is 0 Å². The zero-order chi connectivity index (χ0) is 15.7. The maximum atomic E-state index is 11.4. The lowest BCUT2D eigenvalue weighted by molar-refractivity contribution is 0.100. The van der Waals surface area contributed by atoms with Gasteiger partial charge in [-0.2, -0.15) is 0 Å². The largest absolute Gasteiger partial charge is 0.435 e. The molecule has 0 bridgehead atoms. The minimum absolute atomic E-state index is 0.348. The molecule has 0 aliphatic rings. The Morgan fingerprint density at radius 3 is 2.55 bits per heavy atom. The van der Waals surface area contributed by atoms with Crippen molar-refractivity contribution >= 4 is 17.0 Å². The number of aromatic nitrogens is 1. The summed E-state index contributed by atoms with van der Waals surface area (Å²) in [6, 6.07) is 13.2. The molecule has 0 radical (unpaired) electrons. The van der Waals surface area contributed by atoms with Crippen molar-refractivity contribution in [2.24, 2.45) is 5.73 Å². The van der Waals surface area contributed by atoms with Crippen molar-refractivity contribution in [3.63, 3.8) is 0 Å². The molecule has 22 heavy (non-hydrogen) atoms. The molecule has 0 fully saturated rings. The molecule has 0 aliphatic heterocycles. The predicted molar refractivity (Wildman–Crippen MR) is 85.4 cm³/mol. The molecule has 0 spiro atoms. The van der Waals surface area contributed by atoms with Gasteiger partial charge in [-0.3, -0.25) is 4.79 Å². The average Bonchev–Trinajstić information content (AvgIpc) is 2.90. The third-order valence-corrected chi connectivity index (χ3v) is 3.38. The van der Waals surface area contributed by atoms with E-state index in [0.29, 0.717) is 22.6 Å². The van der Waals surface area contributed by atoms with Crippen LogP contribution in [0.15, 0.2) is 46.9 Å². The van der Waals surface area contributed by atoms with Gasteiger partial charge in [0, 0.05) is 12.1 Å². The van der Waals surface area contributed by atoms with Crippen LogP contribution in [-0.4, -0.2) is 29.9 Å². The highest BCUT2D eigenvalue weighted by Crippen LogP contribution is 2.26. The smallest absolute Gasteiger partial charge is 0.252 e. The number of hydrogen-bond acceptors (Lipinski definition) is 4. The van der Waals surface area contributed by atoms with Gasteiger partial charge in [0.05, 0.1) is 5.56 Å². The van der Waals surface area contributed by atoms with Gasteiger partial charge in [-0.1, -0.05) is 18.2 Å². The first-order valence-corrected chi connectivity index (χ1v) is 6.98. The fourth-order valence-electron chi connectivity index (χ4n) is 2.38. The van der Waals surface area contributed by atoms with Crippen LogP contribution in [0.1, 0.15) is 15.9 Å². The van der Waals surface area contributed by atoms with Crippen molar-refractivity contribution in [1.82, 2.24) is 9.88 Å². The maximum Gasteiger partial charge on any atom is 0.252 e. The molecule has 0 atom stereocenters. The Balaban J connectivity index is 2.00.